The second-order valence-corrected chi connectivity index (χ2v) is 12.8. The molecule has 0 saturated carbocycles. The van der Waals surface area contributed by atoms with Gasteiger partial charge in [0.1, 0.15) is 12.6 Å². The van der Waals surface area contributed by atoms with Gasteiger partial charge in [0.2, 0.25) is 11.8 Å². The van der Waals surface area contributed by atoms with Gasteiger partial charge in [0.15, 0.2) is 0 Å². The molecule has 0 aliphatic carbocycles. The third kappa shape index (κ3) is 8.36. The van der Waals surface area contributed by atoms with Crippen LogP contribution in [-0.2, 0) is 26.2 Å². The molecule has 0 fully saturated rings. The Bertz CT molecular complexity index is 1420. The standard InChI is InChI=1S/C29H32Cl3N3O4S/c1-4-27(29(37)33-17-20(2)3)34(18-21-8-10-22(30)11-9-21)28(36)19-35(25-7-5-6-24(32)16-25)40(38,39)26-14-12-23(31)13-15-26/h5-16,20,27H,4,17-19H2,1-3H3,(H,33,37)/t27-/m1/s1. The summed E-state index contributed by atoms with van der Waals surface area (Å²) in [5, 5.41) is 4.11. The molecule has 11 heteroatoms. The van der Waals surface area contributed by atoms with Crippen LogP contribution in [0.3, 0.4) is 0 Å². The normalized spacial score (nSPS) is 12.2. The molecule has 0 radical (unpaired) electrons. The molecule has 2 amide bonds. The Balaban J connectivity index is 2.04. The van der Waals surface area contributed by atoms with Gasteiger partial charge in [0, 0.05) is 28.2 Å². The summed E-state index contributed by atoms with van der Waals surface area (Å²) < 4.78 is 28.7. The van der Waals surface area contributed by atoms with Gasteiger partial charge >= 0.3 is 0 Å². The lowest BCUT2D eigenvalue weighted by molar-refractivity contribution is -0.140. The number of benzene rings is 3. The molecule has 7 nitrogen and oxygen atoms in total. The van der Waals surface area contributed by atoms with E-state index >= 15 is 0 Å². The molecular formula is C29H32Cl3N3O4S. The fourth-order valence-electron chi connectivity index (χ4n) is 4.02. The van der Waals surface area contributed by atoms with Gasteiger partial charge < -0.3 is 10.2 Å². The van der Waals surface area contributed by atoms with Crippen LogP contribution in [0.1, 0.15) is 32.8 Å². The summed E-state index contributed by atoms with van der Waals surface area (Å²) in [5.74, 6) is -0.655. The predicted molar refractivity (Wildman–Crippen MR) is 161 cm³/mol. The van der Waals surface area contributed by atoms with E-state index in [1.807, 2.05) is 13.8 Å². The molecule has 214 valence electrons. The third-order valence-electron chi connectivity index (χ3n) is 6.11. The Morgan fingerprint density at radius 2 is 1.48 bits per heavy atom. The number of carbonyl (C=O) groups is 2. The maximum absolute atomic E-state index is 14.0. The summed E-state index contributed by atoms with van der Waals surface area (Å²) in [6.45, 7) is 5.71. The fraction of sp³-hybridized carbons (Fsp3) is 0.310. The minimum absolute atomic E-state index is 0.0457. The van der Waals surface area contributed by atoms with Crippen molar-refractivity contribution in [2.24, 2.45) is 5.92 Å². The maximum atomic E-state index is 14.0. The lowest BCUT2D eigenvalue weighted by Gasteiger charge is -2.33. The van der Waals surface area contributed by atoms with E-state index in [0.29, 0.717) is 28.0 Å². The zero-order valence-electron chi connectivity index (χ0n) is 22.5. The number of sulfonamides is 1. The molecule has 40 heavy (non-hydrogen) atoms. The van der Waals surface area contributed by atoms with E-state index in [9.17, 15) is 18.0 Å². The van der Waals surface area contributed by atoms with E-state index < -0.39 is 28.5 Å². The van der Waals surface area contributed by atoms with Gasteiger partial charge in [-0.25, -0.2) is 8.42 Å². The van der Waals surface area contributed by atoms with Gasteiger partial charge in [0.25, 0.3) is 10.0 Å². The topological polar surface area (TPSA) is 86.8 Å². The van der Waals surface area contributed by atoms with Crippen LogP contribution in [0.5, 0.6) is 0 Å². The van der Waals surface area contributed by atoms with Crippen LogP contribution < -0.4 is 9.62 Å². The molecule has 0 saturated heterocycles. The number of anilines is 1. The number of rotatable bonds is 12. The highest BCUT2D eigenvalue weighted by molar-refractivity contribution is 7.92. The van der Waals surface area contributed by atoms with Crippen molar-refractivity contribution in [2.75, 3.05) is 17.4 Å². The highest BCUT2D eigenvalue weighted by Gasteiger charge is 2.33. The zero-order valence-corrected chi connectivity index (χ0v) is 25.6. The molecule has 1 N–H and O–H groups in total. The number of nitrogens with one attached hydrogen (secondary N) is 1. The van der Waals surface area contributed by atoms with Crippen LogP contribution in [0.25, 0.3) is 0 Å². The molecular weight excluding hydrogens is 593 g/mol. The molecule has 0 unspecified atom stereocenters. The van der Waals surface area contributed by atoms with E-state index in [0.717, 1.165) is 9.87 Å². The van der Waals surface area contributed by atoms with Crippen molar-refractivity contribution in [1.29, 1.82) is 0 Å². The van der Waals surface area contributed by atoms with E-state index in [1.165, 1.54) is 35.2 Å². The SMILES string of the molecule is CC[C@H](C(=O)NCC(C)C)N(Cc1ccc(Cl)cc1)C(=O)CN(c1cccc(Cl)c1)S(=O)(=O)c1ccc(Cl)cc1. The highest BCUT2D eigenvalue weighted by Crippen LogP contribution is 2.28. The molecule has 0 aliphatic heterocycles. The Labute approximate surface area is 251 Å². The monoisotopic (exact) mass is 623 g/mol. The number of hydrogen-bond acceptors (Lipinski definition) is 4. The second-order valence-electron chi connectivity index (χ2n) is 9.66. The first-order chi connectivity index (χ1) is 18.9. The van der Waals surface area contributed by atoms with E-state index in [1.54, 1.807) is 49.4 Å². The van der Waals surface area contributed by atoms with Crippen LogP contribution in [0.4, 0.5) is 5.69 Å². The van der Waals surface area contributed by atoms with Crippen LogP contribution in [-0.4, -0.2) is 44.3 Å². The van der Waals surface area contributed by atoms with Gasteiger partial charge in [-0.3, -0.25) is 13.9 Å². The quantitative estimate of drug-likeness (QED) is 0.252. The summed E-state index contributed by atoms with van der Waals surface area (Å²) >= 11 is 18.2. The second kappa shape index (κ2) is 14.2. The van der Waals surface area contributed by atoms with Crippen molar-refractivity contribution in [3.63, 3.8) is 0 Å². The molecule has 3 aromatic rings. The number of hydrogen-bond donors (Lipinski definition) is 1. The average Bonchev–Trinajstić information content (AvgIpc) is 2.91. The van der Waals surface area contributed by atoms with Gasteiger partial charge in [-0.05, 0) is 72.5 Å². The zero-order chi connectivity index (χ0) is 29.4. The molecule has 0 bridgehead atoms. The molecule has 3 rings (SSSR count). The molecule has 1 atom stereocenters. The first-order valence-corrected chi connectivity index (χ1v) is 15.3. The summed E-state index contributed by atoms with van der Waals surface area (Å²) in [6.07, 6.45) is 0.324. The summed E-state index contributed by atoms with van der Waals surface area (Å²) in [7, 11) is -4.22. The number of nitrogens with zero attached hydrogens (tertiary/aromatic N) is 2. The van der Waals surface area contributed by atoms with Crippen molar-refractivity contribution in [2.45, 2.75) is 44.7 Å². The van der Waals surface area contributed by atoms with E-state index in [-0.39, 0.29) is 29.0 Å². The number of halogens is 3. The fourth-order valence-corrected chi connectivity index (χ4v) is 5.86. The van der Waals surface area contributed by atoms with Crippen molar-refractivity contribution in [3.05, 3.63) is 93.4 Å². The third-order valence-corrected chi connectivity index (χ3v) is 8.64. The lowest BCUT2D eigenvalue weighted by atomic mass is 10.1. The van der Waals surface area contributed by atoms with Gasteiger partial charge in [0.05, 0.1) is 10.6 Å². The summed E-state index contributed by atoms with van der Waals surface area (Å²) in [4.78, 5) is 28.6. The van der Waals surface area contributed by atoms with E-state index in [2.05, 4.69) is 5.32 Å². The Morgan fingerprint density at radius 1 is 0.875 bits per heavy atom. The van der Waals surface area contributed by atoms with Gasteiger partial charge in [-0.15, -0.1) is 0 Å². The van der Waals surface area contributed by atoms with Crippen molar-refractivity contribution in [1.82, 2.24) is 10.2 Å². The highest BCUT2D eigenvalue weighted by atomic mass is 35.5. The Hall–Kier alpha value is -2.78. The van der Waals surface area contributed by atoms with Crippen LogP contribution >= 0.6 is 34.8 Å². The lowest BCUT2D eigenvalue weighted by Crippen LogP contribution is -2.52. The largest absolute Gasteiger partial charge is 0.354 e. The molecule has 3 aromatic carbocycles. The Morgan fingerprint density at radius 3 is 2.02 bits per heavy atom. The first kappa shape index (κ1) is 31.7. The van der Waals surface area contributed by atoms with Crippen molar-refractivity contribution < 1.29 is 18.0 Å². The molecule has 0 heterocycles. The van der Waals surface area contributed by atoms with Crippen LogP contribution in [0.2, 0.25) is 15.1 Å². The summed E-state index contributed by atoms with van der Waals surface area (Å²) in [5.41, 5.74) is 0.947. The number of amides is 2. The smallest absolute Gasteiger partial charge is 0.264 e. The van der Waals surface area contributed by atoms with E-state index in [4.69, 9.17) is 34.8 Å². The van der Waals surface area contributed by atoms with Crippen molar-refractivity contribution >= 4 is 62.3 Å². The molecule has 0 aliphatic rings. The van der Waals surface area contributed by atoms with Crippen molar-refractivity contribution in [3.8, 4) is 0 Å². The minimum Gasteiger partial charge on any atom is -0.354 e. The van der Waals surface area contributed by atoms with Crippen LogP contribution in [0, 0.1) is 5.92 Å². The van der Waals surface area contributed by atoms with Crippen LogP contribution in [0.15, 0.2) is 77.7 Å². The summed E-state index contributed by atoms with van der Waals surface area (Å²) in [6, 6.07) is 18.0. The number of carbonyl (C=O) groups excluding carboxylic acids is 2. The van der Waals surface area contributed by atoms with Gasteiger partial charge in [-0.2, -0.15) is 0 Å². The minimum atomic E-state index is -4.22. The Kier molecular flexibility index (Phi) is 11.3. The predicted octanol–water partition coefficient (Wildman–Crippen LogP) is 6.42. The maximum Gasteiger partial charge on any atom is 0.264 e. The first-order valence-electron chi connectivity index (χ1n) is 12.8. The average molecular weight is 625 g/mol. The van der Waals surface area contributed by atoms with Gasteiger partial charge in [-0.1, -0.05) is 73.8 Å². The molecule has 0 spiro atoms. The molecule has 0 aromatic heterocycles.